The molecule has 1 aromatic carbocycles. The summed E-state index contributed by atoms with van der Waals surface area (Å²) >= 11 is 6.04. The number of hydrogen-bond acceptors (Lipinski definition) is 2. The Kier molecular flexibility index (Phi) is 3.72. The predicted molar refractivity (Wildman–Crippen MR) is 72.0 cm³/mol. The monoisotopic (exact) mass is 251 g/mol. The molecule has 0 unspecified atom stereocenters. The van der Waals surface area contributed by atoms with Crippen molar-refractivity contribution in [3.63, 3.8) is 0 Å². The Labute approximate surface area is 108 Å². The van der Waals surface area contributed by atoms with E-state index in [1.807, 2.05) is 6.07 Å². The molecule has 0 bridgehead atoms. The first-order chi connectivity index (χ1) is 8.11. The highest BCUT2D eigenvalue weighted by molar-refractivity contribution is 6.31. The lowest BCUT2D eigenvalue weighted by atomic mass is 10.1. The van der Waals surface area contributed by atoms with Gasteiger partial charge >= 0.3 is 0 Å². The molecule has 0 spiro atoms. The topological polar surface area (TPSA) is 20.3 Å². The Balaban J connectivity index is 2.33. The average molecular weight is 252 g/mol. The van der Waals surface area contributed by atoms with Gasteiger partial charge in [-0.3, -0.25) is 4.79 Å². The van der Waals surface area contributed by atoms with Crippen LogP contribution in [0.4, 0.5) is 5.69 Å². The third kappa shape index (κ3) is 3.01. The maximum Gasteiger partial charge on any atom is 0.152 e. The van der Waals surface area contributed by atoms with Crippen LogP contribution in [-0.4, -0.2) is 18.9 Å². The van der Waals surface area contributed by atoms with Crippen molar-refractivity contribution in [2.45, 2.75) is 32.7 Å². The summed E-state index contributed by atoms with van der Waals surface area (Å²) in [6, 6.07) is 6.08. The quantitative estimate of drug-likeness (QED) is 0.743. The van der Waals surface area contributed by atoms with E-state index in [4.69, 9.17) is 11.6 Å². The van der Waals surface area contributed by atoms with Crippen LogP contribution in [0.5, 0.6) is 0 Å². The van der Waals surface area contributed by atoms with E-state index in [0.29, 0.717) is 17.0 Å². The first-order valence-electron chi connectivity index (χ1n) is 6.13. The van der Waals surface area contributed by atoms with Crippen LogP contribution in [0.2, 0.25) is 5.02 Å². The molecule has 1 saturated carbocycles. The first kappa shape index (κ1) is 12.4. The molecule has 0 amide bonds. The minimum atomic E-state index is 0.578. The fraction of sp³-hybridized carbons (Fsp3) is 0.500. The normalized spacial score (nSPS) is 15.1. The van der Waals surface area contributed by atoms with E-state index in [1.54, 1.807) is 12.1 Å². The highest BCUT2D eigenvalue weighted by Crippen LogP contribution is 2.35. The predicted octanol–water partition coefficient (Wildman–Crippen LogP) is 3.78. The molecule has 0 saturated heterocycles. The van der Waals surface area contributed by atoms with Crippen LogP contribution in [0, 0.1) is 5.92 Å². The van der Waals surface area contributed by atoms with Crippen molar-refractivity contribution < 1.29 is 4.79 Å². The van der Waals surface area contributed by atoms with Crippen LogP contribution >= 0.6 is 11.6 Å². The van der Waals surface area contributed by atoms with E-state index in [1.165, 1.54) is 12.8 Å². The highest BCUT2D eigenvalue weighted by Gasteiger charge is 2.30. The lowest BCUT2D eigenvalue weighted by Gasteiger charge is -2.28. The van der Waals surface area contributed by atoms with Gasteiger partial charge in [-0.25, -0.2) is 0 Å². The van der Waals surface area contributed by atoms with Crippen molar-refractivity contribution in [1.29, 1.82) is 0 Å². The van der Waals surface area contributed by atoms with E-state index in [2.05, 4.69) is 18.7 Å². The van der Waals surface area contributed by atoms with Crippen LogP contribution in [0.3, 0.4) is 0 Å². The number of rotatable bonds is 5. The lowest BCUT2D eigenvalue weighted by Crippen LogP contribution is -2.30. The number of halogens is 1. The molecule has 92 valence electrons. The number of nitrogens with zero attached hydrogens (tertiary/aromatic N) is 1. The summed E-state index contributed by atoms with van der Waals surface area (Å²) in [5.41, 5.74) is 1.73. The van der Waals surface area contributed by atoms with Gasteiger partial charge in [-0.05, 0) is 37.0 Å². The molecule has 0 aromatic heterocycles. The summed E-state index contributed by atoms with van der Waals surface area (Å²) in [7, 11) is 0. The maximum atomic E-state index is 11.1. The summed E-state index contributed by atoms with van der Waals surface area (Å²) in [5.74, 6) is 0.578. The minimum Gasteiger partial charge on any atom is -0.368 e. The number of anilines is 1. The number of carbonyl (C=O) groups excluding carboxylic acids is 1. The van der Waals surface area contributed by atoms with Gasteiger partial charge in [0.05, 0.1) is 0 Å². The summed E-state index contributed by atoms with van der Waals surface area (Å²) in [4.78, 5) is 13.4. The van der Waals surface area contributed by atoms with Crippen molar-refractivity contribution in [2.24, 2.45) is 5.92 Å². The van der Waals surface area contributed by atoms with Crippen molar-refractivity contribution in [1.82, 2.24) is 0 Å². The van der Waals surface area contributed by atoms with Crippen LogP contribution in [0.15, 0.2) is 18.2 Å². The zero-order chi connectivity index (χ0) is 12.4. The second-order valence-electron chi connectivity index (χ2n) is 5.10. The van der Waals surface area contributed by atoms with E-state index in [9.17, 15) is 4.79 Å². The third-order valence-electron chi connectivity index (χ3n) is 2.98. The lowest BCUT2D eigenvalue weighted by molar-refractivity contribution is 0.112. The van der Waals surface area contributed by atoms with E-state index >= 15 is 0 Å². The molecule has 0 atom stereocenters. The SMILES string of the molecule is CC(C)CN(c1cc(Cl)ccc1C=O)C1CC1. The molecule has 17 heavy (non-hydrogen) atoms. The van der Waals surface area contributed by atoms with Crippen molar-refractivity contribution in [3.8, 4) is 0 Å². The molecule has 0 radical (unpaired) electrons. The fourth-order valence-electron chi connectivity index (χ4n) is 2.09. The Morgan fingerprint density at radius 2 is 2.18 bits per heavy atom. The van der Waals surface area contributed by atoms with Gasteiger partial charge in [-0.15, -0.1) is 0 Å². The van der Waals surface area contributed by atoms with Gasteiger partial charge < -0.3 is 4.90 Å². The Hall–Kier alpha value is -1.02. The maximum absolute atomic E-state index is 11.1. The van der Waals surface area contributed by atoms with Gasteiger partial charge in [0.25, 0.3) is 0 Å². The number of aldehydes is 1. The molecule has 1 fully saturated rings. The zero-order valence-corrected chi connectivity index (χ0v) is 11.1. The zero-order valence-electron chi connectivity index (χ0n) is 10.3. The standard InChI is InChI=1S/C14H18ClNO/c1-10(2)8-16(13-5-6-13)14-7-12(15)4-3-11(14)9-17/h3-4,7,9-10,13H,5-6,8H2,1-2H3. The third-order valence-corrected chi connectivity index (χ3v) is 3.21. The Morgan fingerprint density at radius 1 is 1.47 bits per heavy atom. The number of carbonyl (C=O) groups is 1. The van der Waals surface area contributed by atoms with Crippen LogP contribution in [0.25, 0.3) is 0 Å². The molecule has 2 rings (SSSR count). The number of benzene rings is 1. The van der Waals surface area contributed by atoms with Gasteiger partial charge in [0.1, 0.15) is 0 Å². The highest BCUT2D eigenvalue weighted by atomic mass is 35.5. The van der Waals surface area contributed by atoms with Crippen molar-refractivity contribution in [2.75, 3.05) is 11.4 Å². The molecular weight excluding hydrogens is 234 g/mol. The molecule has 1 aliphatic rings. The number of hydrogen-bond donors (Lipinski definition) is 0. The molecule has 2 nitrogen and oxygen atoms in total. The smallest absolute Gasteiger partial charge is 0.152 e. The van der Waals surface area contributed by atoms with Gasteiger partial charge in [0.2, 0.25) is 0 Å². The second-order valence-corrected chi connectivity index (χ2v) is 5.53. The Bertz CT molecular complexity index is 413. The van der Waals surface area contributed by atoms with E-state index in [0.717, 1.165) is 24.1 Å². The van der Waals surface area contributed by atoms with Crippen LogP contribution in [-0.2, 0) is 0 Å². The summed E-state index contributed by atoms with van der Waals surface area (Å²) in [6.45, 7) is 5.37. The van der Waals surface area contributed by atoms with Gasteiger partial charge in [0, 0.05) is 28.9 Å². The largest absolute Gasteiger partial charge is 0.368 e. The van der Waals surface area contributed by atoms with E-state index in [-0.39, 0.29) is 0 Å². The van der Waals surface area contributed by atoms with Crippen LogP contribution < -0.4 is 4.90 Å². The van der Waals surface area contributed by atoms with E-state index < -0.39 is 0 Å². The molecule has 3 heteroatoms. The second kappa shape index (κ2) is 5.09. The van der Waals surface area contributed by atoms with Gasteiger partial charge in [-0.2, -0.15) is 0 Å². The summed E-state index contributed by atoms with van der Waals surface area (Å²) in [6.07, 6.45) is 3.36. The van der Waals surface area contributed by atoms with Crippen molar-refractivity contribution >= 4 is 23.6 Å². The Morgan fingerprint density at radius 3 is 2.71 bits per heavy atom. The molecular formula is C14H18ClNO. The van der Waals surface area contributed by atoms with Crippen molar-refractivity contribution in [3.05, 3.63) is 28.8 Å². The minimum absolute atomic E-state index is 0.578. The van der Waals surface area contributed by atoms with Gasteiger partial charge in [0.15, 0.2) is 6.29 Å². The van der Waals surface area contributed by atoms with Gasteiger partial charge in [-0.1, -0.05) is 25.4 Å². The molecule has 0 heterocycles. The summed E-state index contributed by atoms with van der Waals surface area (Å²) in [5, 5.41) is 0.694. The molecule has 1 aromatic rings. The summed E-state index contributed by atoms with van der Waals surface area (Å²) < 4.78 is 0. The van der Waals surface area contributed by atoms with Crippen LogP contribution in [0.1, 0.15) is 37.0 Å². The first-order valence-corrected chi connectivity index (χ1v) is 6.51. The molecule has 0 N–H and O–H groups in total. The molecule has 0 aliphatic heterocycles. The molecule has 1 aliphatic carbocycles. The fourth-order valence-corrected chi connectivity index (χ4v) is 2.26. The average Bonchev–Trinajstić information content (AvgIpc) is 3.09.